The van der Waals surface area contributed by atoms with Crippen LogP contribution >= 0.6 is 0 Å². The van der Waals surface area contributed by atoms with Crippen LogP contribution < -0.4 is 10.5 Å². The number of nitrogens with two attached hydrogens (primary N) is 1. The van der Waals surface area contributed by atoms with Crippen molar-refractivity contribution in [2.45, 2.75) is 19.6 Å². The number of halogens is 3. The lowest BCUT2D eigenvalue weighted by Crippen LogP contribution is -2.33. The summed E-state index contributed by atoms with van der Waals surface area (Å²) >= 11 is 0. The van der Waals surface area contributed by atoms with E-state index in [0.29, 0.717) is 12.4 Å². The van der Waals surface area contributed by atoms with Crippen LogP contribution in [0, 0.1) is 5.92 Å². The Morgan fingerprint density at radius 3 is 2.65 bits per heavy atom. The topological polar surface area (TPSA) is 40.2 Å². The smallest absolute Gasteiger partial charge is 0.394 e. The van der Waals surface area contributed by atoms with Gasteiger partial charge in [-0.25, -0.2) is 0 Å². The first-order valence-electron chi connectivity index (χ1n) is 6.44. The number of fused-ring (bicyclic) bond motifs is 1. The van der Waals surface area contributed by atoms with Gasteiger partial charge in [0.2, 0.25) is 0 Å². The number of alkyl halides is 3. The molecule has 2 rings (SSSR count). The number of aromatic nitrogens is 1. The summed E-state index contributed by atoms with van der Waals surface area (Å²) in [5.74, 6) is -0.825. The molecule has 0 saturated carbocycles. The molecule has 0 amide bonds. The molecule has 6 heteroatoms. The molecular weight excluding hydrogens is 269 g/mol. The highest BCUT2D eigenvalue weighted by molar-refractivity contribution is 5.81. The average Bonchev–Trinajstić information content (AvgIpc) is 2.77. The van der Waals surface area contributed by atoms with E-state index in [-0.39, 0.29) is 6.54 Å². The summed E-state index contributed by atoms with van der Waals surface area (Å²) in [6, 6.07) is 7.12. The third kappa shape index (κ3) is 3.07. The molecule has 3 nitrogen and oxygen atoms in total. The molecule has 0 bridgehead atoms. The summed E-state index contributed by atoms with van der Waals surface area (Å²) in [6.45, 7) is 1.85. The third-order valence-electron chi connectivity index (χ3n) is 3.22. The Balaban J connectivity index is 2.27. The Labute approximate surface area is 115 Å². The number of ether oxygens (including phenoxy) is 1. The van der Waals surface area contributed by atoms with Gasteiger partial charge in [0.25, 0.3) is 0 Å². The first-order chi connectivity index (χ1) is 9.45. The van der Waals surface area contributed by atoms with Gasteiger partial charge in [-0.3, -0.25) is 0 Å². The van der Waals surface area contributed by atoms with Crippen LogP contribution in [0.15, 0.2) is 30.5 Å². The largest absolute Gasteiger partial charge is 0.494 e. The predicted octanol–water partition coefficient (Wildman–Crippen LogP) is 3.18. The van der Waals surface area contributed by atoms with E-state index >= 15 is 0 Å². The molecule has 2 aromatic rings. The van der Waals surface area contributed by atoms with Gasteiger partial charge in [-0.2, -0.15) is 13.2 Å². The second-order valence-electron chi connectivity index (χ2n) is 4.60. The summed E-state index contributed by atoms with van der Waals surface area (Å²) in [7, 11) is 0. The maximum Gasteiger partial charge on any atom is 0.394 e. The minimum Gasteiger partial charge on any atom is -0.494 e. The summed E-state index contributed by atoms with van der Waals surface area (Å²) < 4.78 is 45.2. The normalized spacial score (nSPS) is 13.7. The van der Waals surface area contributed by atoms with Crippen LogP contribution in [-0.4, -0.2) is 23.9 Å². The predicted molar refractivity (Wildman–Crippen MR) is 71.7 cm³/mol. The molecule has 20 heavy (non-hydrogen) atoms. The van der Waals surface area contributed by atoms with Crippen LogP contribution in [-0.2, 0) is 6.54 Å². The van der Waals surface area contributed by atoms with Crippen molar-refractivity contribution < 1.29 is 17.9 Å². The van der Waals surface area contributed by atoms with E-state index in [2.05, 4.69) is 0 Å². The molecule has 0 aliphatic carbocycles. The van der Waals surface area contributed by atoms with E-state index < -0.39 is 18.6 Å². The molecule has 0 spiro atoms. The fourth-order valence-corrected chi connectivity index (χ4v) is 2.14. The van der Waals surface area contributed by atoms with Crippen molar-refractivity contribution in [2.75, 3.05) is 13.2 Å². The van der Waals surface area contributed by atoms with Crippen LogP contribution in [0.2, 0.25) is 0 Å². The van der Waals surface area contributed by atoms with E-state index in [9.17, 15) is 13.2 Å². The number of rotatable bonds is 5. The van der Waals surface area contributed by atoms with Crippen molar-refractivity contribution in [3.05, 3.63) is 30.5 Å². The van der Waals surface area contributed by atoms with Crippen LogP contribution in [0.5, 0.6) is 5.75 Å². The number of hydrogen-bond acceptors (Lipinski definition) is 2. The highest BCUT2D eigenvalue weighted by atomic mass is 19.4. The second kappa shape index (κ2) is 5.75. The molecular formula is C14H17F3N2O. The maximum atomic E-state index is 12.8. The molecule has 0 aliphatic heterocycles. The number of hydrogen-bond donors (Lipinski definition) is 1. The molecule has 110 valence electrons. The molecule has 1 aromatic heterocycles. The van der Waals surface area contributed by atoms with Crippen LogP contribution in [0.25, 0.3) is 10.9 Å². The minimum absolute atomic E-state index is 0.169. The first kappa shape index (κ1) is 14.7. The van der Waals surface area contributed by atoms with Gasteiger partial charge in [-0.05, 0) is 31.2 Å². The quantitative estimate of drug-likeness (QED) is 0.917. The maximum absolute atomic E-state index is 12.8. The number of nitrogens with zero attached hydrogens (tertiary/aromatic N) is 1. The van der Waals surface area contributed by atoms with Gasteiger partial charge in [0, 0.05) is 30.2 Å². The van der Waals surface area contributed by atoms with E-state index in [1.807, 2.05) is 13.0 Å². The third-order valence-corrected chi connectivity index (χ3v) is 3.22. The molecule has 1 aromatic carbocycles. The summed E-state index contributed by atoms with van der Waals surface area (Å²) in [5.41, 5.74) is 5.98. The molecule has 1 atom stereocenters. The van der Waals surface area contributed by atoms with Crippen LogP contribution in [0.4, 0.5) is 13.2 Å². The van der Waals surface area contributed by atoms with Crippen molar-refractivity contribution in [1.82, 2.24) is 4.57 Å². The minimum atomic E-state index is -4.28. The summed E-state index contributed by atoms with van der Waals surface area (Å²) in [4.78, 5) is 0. The zero-order chi connectivity index (χ0) is 14.8. The molecule has 0 fully saturated rings. The Bertz CT molecular complexity index is 577. The van der Waals surface area contributed by atoms with E-state index in [1.165, 1.54) is 0 Å². The van der Waals surface area contributed by atoms with Gasteiger partial charge in [-0.15, -0.1) is 0 Å². The van der Waals surface area contributed by atoms with Gasteiger partial charge in [0.15, 0.2) is 0 Å². The highest BCUT2D eigenvalue weighted by Crippen LogP contribution is 2.29. The zero-order valence-corrected chi connectivity index (χ0v) is 11.2. The molecule has 0 saturated heterocycles. The standard InChI is InChI=1S/C14H17F3N2O/c1-2-20-12-3-4-13-10(7-12)5-6-19(13)9-11(8-18)14(15,16)17/h3-7,11H,2,8-9,18H2,1H3. The van der Waals surface area contributed by atoms with Crippen molar-refractivity contribution >= 4 is 10.9 Å². The number of benzene rings is 1. The molecule has 2 N–H and O–H groups in total. The second-order valence-corrected chi connectivity index (χ2v) is 4.60. The van der Waals surface area contributed by atoms with Gasteiger partial charge in [0.05, 0.1) is 12.5 Å². The fraction of sp³-hybridized carbons (Fsp3) is 0.429. The van der Waals surface area contributed by atoms with Crippen LogP contribution in [0.3, 0.4) is 0 Å². The molecule has 0 radical (unpaired) electrons. The Morgan fingerprint density at radius 1 is 1.30 bits per heavy atom. The highest BCUT2D eigenvalue weighted by Gasteiger charge is 2.38. The van der Waals surface area contributed by atoms with Gasteiger partial charge >= 0.3 is 6.18 Å². The summed E-state index contributed by atoms with van der Waals surface area (Å²) in [5, 5.41) is 0.855. The van der Waals surface area contributed by atoms with Crippen molar-refractivity contribution in [3.8, 4) is 5.75 Å². The lowest BCUT2D eigenvalue weighted by atomic mass is 10.1. The van der Waals surface area contributed by atoms with Gasteiger partial charge < -0.3 is 15.0 Å². The summed E-state index contributed by atoms with van der Waals surface area (Å²) in [6.07, 6.45) is -2.63. The molecule has 0 aliphatic rings. The molecule has 1 heterocycles. The van der Waals surface area contributed by atoms with Gasteiger partial charge in [0.1, 0.15) is 5.75 Å². The lowest BCUT2D eigenvalue weighted by Gasteiger charge is -2.19. The average molecular weight is 286 g/mol. The fourth-order valence-electron chi connectivity index (χ4n) is 2.14. The zero-order valence-electron chi connectivity index (χ0n) is 11.2. The lowest BCUT2D eigenvalue weighted by molar-refractivity contribution is -0.174. The Hall–Kier alpha value is -1.69. The first-order valence-corrected chi connectivity index (χ1v) is 6.44. The molecule has 1 unspecified atom stereocenters. The van der Waals surface area contributed by atoms with Gasteiger partial charge in [-0.1, -0.05) is 0 Å². The van der Waals surface area contributed by atoms with E-state index in [1.54, 1.807) is 29.0 Å². The monoisotopic (exact) mass is 286 g/mol. The Kier molecular flexibility index (Phi) is 4.23. The van der Waals surface area contributed by atoms with Crippen LogP contribution in [0.1, 0.15) is 6.92 Å². The van der Waals surface area contributed by atoms with Crippen molar-refractivity contribution in [2.24, 2.45) is 11.7 Å². The van der Waals surface area contributed by atoms with Crippen molar-refractivity contribution in [3.63, 3.8) is 0 Å². The van der Waals surface area contributed by atoms with Crippen molar-refractivity contribution in [1.29, 1.82) is 0 Å². The SMILES string of the molecule is CCOc1ccc2c(ccn2CC(CN)C(F)(F)F)c1. The van der Waals surface area contributed by atoms with E-state index in [4.69, 9.17) is 10.5 Å². The Morgan fingerprint density at radius 2 is 2.05 bits per heavy atom. The van der Waals surface area contributed by atoms with E-state index in [0.717, 1.165) is 10.9 Å².